The van der Waals surface area contributed by atoms with Crippen molar-refractivity contribution in [3.8, 4) is 0 Å². The molecule has 0 bridgehead atoms. The van der Waals surface area contributed by atoms with E-state index in [1.807, 2.05) is 31.1 Å². The fraction of sp³-hybridized carbons (Fsp3) is 0.867. The number of rotatable bonds is 4. The van der Waals surface area contributed by atoms with Crippen LogP contribution >= 0.6 is 0 Å². The summed E-state index contributed by atoms with van der Waals surface area (Å²) in [5.74, 6) is 2.01. The Labute approximate surface area is 198 Å². The molecule has 0 aromatic heterocycles. The van der Waals surface area contributed by atoms with Crippen molar-refractivity contribution in [3.63, 3.8) is 0 Å². The molecular formula is C30H50O2. The number of allylic oxidation sites excluding steroid dienone is 3. The molecule has 7 atom stereocenters. The molecule has 2 heteroatoms. The Kier molecular flexibility index (Phi) is 5.90. The number of hydrogen-bond acceptors (Lipinski definition) is 2. The molecule has 0 heterocycles. The second-order valence-corrected chi connectivity index (χ2v) is 14.0. The Morgan fingerprint density at radius 1 is 0.969 bits per heavy atom. The van der Waals surface area contributed by atoms with E-state index in [-0.39, 0.29) is 16.9 Å². The Hall–Kier alpha value is -0.600. The molecular weight excluding hydrogens is 392 g/mol. The summed E-state index contributed by atoms with van der Waals surface area (Å²) in [5, 5.41) is 20.9. The Morgan fingerprint density at radius 2 is 1.66 bits per heavy atom. The van der Waals surface area contributed by atoms with E-state index in [0.717, 1.165) is 25.2 Å². The first-order valence-electron chi connectivity index (χ1n) is 13.5. The molecule has 0 aliphatic heterocycles. The van der Waals surface area contributed by atoms with Gasteiger partial charge in [-0.2, -0.15) is 0 Å². The molecule has 4 aliphatic carbocycles. The summed E-state index contributed by atoms with van der Waals surface area (Å²) >= 11 is 0. The summed E-state index contributed by atoms with van der Waals surface area (Å²) in [6.07, 6.45) is 15.0. The first-order valence-corrected chi connectivity index (χ1v) is 13.5. The van der Waals surface area contributed by atoms with Crippen LogP contribution in [0, 0.1) is 39.4 Å². The molecule has 182 valence electrons. The average Bonchev–Trinajstić information content (AvgIpc) is 2.96. The minimum Gasteiger partial charge on any atom is -0.393 e. The lowest BCUT2D eigenvalue weighted by Gasteiger charge is -2.62. The van der Waals surface area contributed by atoms with Crippen molar-refractivity contribution >= 4 is 0 Å². The van der Waals surface area contributed by atoms with Gasteiger partial charge in [-0.1, -0.05) is 64.8 Å². The van der Waals surface area contributed by atoms with Gasteiger partial charge in [0, 0.05) is 0 Å². The van der Waals surface area contributed by atoms with E-state index in [4.69, 9.17) is 0 Å². The highest BCUT2D eigenvalue weighted by atomic mass is 16.3. The molecule has 2 N–H and O–H groups in total. The zero-order chi connectivity index (χ0) is 23.7. The third-order valence-electron chi connectivity index (χ3n) is 11.5. The molecule has 0 radical (unpaired) electrons. The van der Waals surface area contributed by atoms with E-state index in [2.05, 4.69) is 47.6 Å². The third-order valence-corrected chi connectivity index (χ3v) is 11.5. The summed E-state index contributed by atoms with van der Waals surface area (Å²) in [7, 11) is 0. The Morgan fingerprint density at radius 3 is 2.31 bits per heavy atom. The molecule has 4 aliphatic rings. The largest absolute Gasteiger partial charge is 0.393 e. The van der Waals surface area contributed by atoms with Crippen molar-refractivity contribution in [1.82, 2.24) is 0 Å². The first kappa shape index (κ1) is 24.5. The fourth-order valence-electron chi connectivity index (χ4n) is 9.36. The maximum atomic E-state index is 10.8. The third kappa shape index (κ3) is 3.49. The van der Waals surface area contributed by atoms with Gasteiger partial charge in [-0.05, 0) is 111 Å². The highest BCUT2D eigenvalue weighted by molar-refractivity contribution is 5.38. The van der Waals surface area contributed by atoms with Crippen LogP contribution in [0.15, 0.2) is 23.3 Å². The van der Waals surface area contributed by atoms with Crippen LogP contribution in [-0.2, 0) is 0 Å². The van der Waals surface area contributed by atoms with Crippen LogP contribution in [0.4, 0.5) is 0 Å². The van der Waals surface area contributed by atoms with Crippen molar-refractivity contribution < 1.29 is 10.2 Å². The minimum atomic E-state index is -0.714. The molecule has 2 saturated carbocycles. The lowest BCUT2D eigenvalue weighted by Crippen LogP contribution is -2.55. The smallest absolute Gasteiger partial charge is 0.0771 e. The SMILES string of the molecule is C[C@H](C/C=C/C(C)(C)O)[C@@H]1CC[C@]2(C)C3=C(CC[C@@]12C)[C@@]1(C)CC[C@H](O)C(C)(C)[C@@H]1CC3. The predicted molar refractivity (Wildman–Crippen MR) is 134 cm³/mol. The van der Waals surface area contributed by atoms with Gasteiger partial charge in [0.05, 0.1) is 11.7 Å². The Bertz CT molecular complexity index is 798. The normalized spacial score (nSPS) is 44.9. The number of fused-ring (bicyclic) bond motifs is 4. The van der Waals surface area contributed by atoms with Crippen LogP contribution in [0.2, 0.25) is 0 Å². The van der Waals surface area contributed by atoms with Gasteiger partial charge in [-0.25, -0.2) is 0 Å². The van der Waals surface area contributed by atoms with Gasteiger partial charge in [0.15, 0.2) is 0 Å². The van der Waals surface area contributed by atoms with E-state index in [0.29, 0.717) is 22.7 Å². The number of hydrogen-bond donors (Lipinski definition) is 2. The summed E-state index contributed by atoms with van der Waals surface area (Å²) in [4.78, 5) is 0. The molecule has 0 aromatic carbocycles. The fourth-order valence-corrected chi connectivity index (χ4v) is 9.36. The molecule has 0 unspecified atom stereocenters. The van der Waals surface area contributed by atoms with Crippen LogP contribution in [0.3, 0.4) is 0 Å². The number of aliphatic hydroxyl groups excluding tert-OH is 1. The average molecular weight is 443 g/mol. The second kappa shape index (κ2) is 7.70. The Balaban J connectivity index is 1.64. The van der Waals surface area contributed by atoms with Crippen LogP contribution < -0.4 is 0 Å². The molecule has 2 nitrogen and oxygen atoms in total. The van der Waals surface area contributed by atoms with Crippen molar-refractivity contribution in [3.05, 3.63) is 23.3 Å². The summed E-state index contributed by atoms with van der Waals surface area (Å²) in [6.45, 7) is 18.6. The van der Waals surface area contributed by atoms with Gasteiger partial charge >= 0.3 is 0 Å². The van der Waals surface area contributed by atoms with Crippen LogP contribution in [0.5, 0.6) is 0 Å². The van der Waals surface area contributed by atoms with Crippen molar-refractivity contribution in [2.24, 2.45) is 39.4 Å². The highest BCUT2D eigenvalue weighted by Gasteiger charge is 2.63. The van der Waals surface area contributed by atoms with Crippen molar-refractivity contribution in [2.75, 3.05) is 0 Å². The van der Waals surface area contributed by atoms with E-state index >= 15 is 0 Å². The van der Waals surface area contributed by atoms with Crippen LogP contribution in [0.1, 0.15) is 113 Å². The zero-order valence-electron chi connectivity index (χ0n) is 22.2. The summed E-state index contributed by atoms with van der Waals surface area (Å²) in [6, 6.07) is 0. The number of aliphatic hydroxyl groups is 2. The molecule has 0 saturated heterocycles. The quantitative estimate of drug-likeness (QED) is 0.444. The van der Waals surface area contributed by atoms with Gasteiger partial charge in [0.2, 0.25) is 0 Å². The zero-order valence-corrected chi connectivity index (χ0v) is 22.2. The summed E-state index contributed by atoms with van der Waals surface area (Å²) in [5.41, 5.74) is 3.93. The lowest BCUT2D eigenvalue weighted by atomic mass is 9.43. The monoisotopic (exact) mass is 442 g/mol. The molecule has 2 fully saturated rings. The van der Waals surface area contributed by atoms with Crippen molar-refractivity contribution in [2.45, 2.75) is 125 Å². The van der Waals surface area contributed by atoms with Gasteiger partial charge in [0.25, 0.3) is 0 Å². The molecule has 0 spiro atoms. The van der Waals surface area contributed by atoms with E-state index < -0.39 is 5.60 Å². The first-order chi connectivity index (χ1) is 14.7. The lowest BCUT2D eigenvalue weighted by molar-refractivity contribution is -0.0961. The van der Waals surface area contributed by atoms with E-state index in [9.17, 15) is 10.2 Å². The van der Waals surface area contributed by atoms with Crippen LogP contribution in [0.25, 0.3) is 0 Å². The van der Waals surface area contributed by atoms with Gasteiger partial charge < -0.3 is 10.2 Å². The molecule has 4 rings (SSSR count). The van der Waals surface area contributed by atoms with Crippen LogP contribution in [-0.4, -0.2) is 21.9 Å². The topological polar surface area (TPSA) is 40.5 Å². The van der Waals surface area contributed by atoms with E-state index in [1.54, 1.807) is 0 Å². The van der Waals surface area contributed by atoms with Gasteiger partial charge in [0.1, 0.15) is 0 Å². The molecule has 0 aromatic rings. The standard InChI is InChI=1S/C30H50O2/c1-20(10-9-16-26(2,3)32)21-13-18-30(8)23-11-12-24-27(4,5)25(31)15-17-28(24,6)22(23)14-19-29(21,30)7/h9,16,20-21,24-25,31-32H,10-15,17-19H2,1-8H3/b16-9+/t20-,21+,24+,25+,28-,29+,30-/m1/s1. The molecule has 0 amide bonds. The highest BCUT2D eigenvalue weighted by Crippen LogP contribution is 2.72. The second-order valence-electron chi connectivity index (χ2n) is 14.0. The van der Waals surface area contributed by atoms with Gasteiger partial charge in [-0.3, -0.25) is 0 Å². The molecule has 32 heavy (non-hydrogen) atoms. The minimum absolute atomic E-state index is 0.0206. The van der Waals surface area contributed by atoms with E-state index in [1.165, 1.54) is 38.5 Å². The van der Waals surface area contributed by atoms with Crippen molar-refractivity contribution in [1.29, 1.82) is 0 Å². The maximum absolute atomic E-state index is 10.8. The van der Waals surface area contributed by atoms with Gasteiger partial charge in [-0.15, -0.1) is 0 Å². The predicted octanol–water partition coefficient (Wildman–Crippen LogP) is 7.45. The maximum Gasteiger partial charge on any atom is 0.0771 e. The summed E-state index contributed by atoms with van der Waals surface area (Å²) < 4.78 is 0.